The summed E-state index contributed by atoms with van der Waals surface area (Å²) in [5.74, 6) is 0.695. The van der Waals surface area contributed by atoms with Gasteiger partial charge in [-0.25, -0.2) is 12.7 Å². The van der Waals surface area contributed by atoms with Gasteiger partial charge in [-0.15, -0.1) is 0 Å². The minimum absolute atomic E-state index is 0.0410. The van der Waals surface area contributed by atoms with Crippen molar-refractivity contribution >= 4 is 15.7 Å². The predicted octanol–water partition coefficient (Wildman–Crippen LogP) is 2.13. The largest absolute Gasteiger partial charge is 0.469 e. The third kappa shape index (κ3) is 3.40. The van der Waals surface area contributed by atoms with Gasteiger partial charge in [0.15, 0.2) is 0 Å². The molecule has 1 heterocycles. The minimum Gasteiger partial charge on any atom is -0.469 e. The molecule has 0 aliphatic carbocycles. The zero-order chi connectivity index (χ0) is 14.8. The van der Waals surface area contributed by atoms with Crippen molar-refractivity contribution in [1.29, 1.82) is 0 Å². The molecule has 1 aromatic heterocycles. The Labute approximate surface area is 119 Å². The Kier molecular flexibility index (Phi) is 4.15. The van der Waals surface area contributed by atoms with Crippen molar-refractivity contribution in [2.75, 3.05) is 12.8 Å². The summed E-state index contributed by atoms with van der Waals surface area (Å²) in [5.41, 5.74) is 7.79. The molecular weight excluding hydrogens is 276 g/mol. The second-order valence-corrected chi connectivity index (χ2v) is 6.83. The number of anilines is 1. The Morgan fingerprint density at radius 1 is 1.20 bits per heavy atom. The van der Waals surface area contributed by atoms with E-state index in [-0.39, 0.29) is 5.75 Å². The number of hydrogen-bond acceptors (Lipinski definition) is 4. The number of nitrogen functional groups attached to an aromatic ring is 1. The third-order valence-corrected chi connectivity index (χ3v) is 4.94. The van der Waals surface area contributed by atoms with Gasteiger partial charge in [-0.1, -0.05) is 12.1 Å². The van der Waals surface area contributed by atoms with Gasteiger partial charge in [-0.3, -0.25) is 0 Å². The van der Waals surface area contributed by atoms with Gasteiger partial charge in [0.25, 0.3) is 0 Å². The molecule has 6 heteroatoms. The molecular formula is C14H18N2O3S. The van der Waals surface area contributed by atoms with E-state index in [1.54, 1.807) is 43.6 Å². The van der Waals surface area contributed by atoms with E-state index in [1.807, 2.05) is 6.92 Å². The number of furan rings is 1. The van der Waals surface area contributed by atoms with Crippen LogP contribution in [0.3, 0.4) is 0 Å². The predicted molar refractivity (Wildman–Crippen MR) is 78.4 cm³/mol. The molecule has 0 atom stereocenters. The third-order valence-electron chi connectivity index (χ3n) is 3.16. The van der Waals surface area contributed by atoms with Gasteiger partial charge < -0.3 is 10.2 Å². The van der Waals surface area contributed by atoms with Crippen LogP contribution in [0.25, 0.3) is 0 Å². The molecule has 20 heavy (non-hydrogen) atoms. The Balaban J connectivity index is 2.09. The number of sulfonamides is 1. The highest BCUT2D eigenvalue weighted by Crippen LogP contribution is 2.16. The van der Waals surface area contributed by atoms with E-state index < -0.39 is 10.0 Å². The summed E-state index contributed by atoms with van der Waals surface area (Å²) in [6, 6.07) is 8.63. The van der Waals surface area contributed by atoms with Gasteiger partial charge in [-0.2, -0.15) is 0 Å². The van der Waals surface area contributed by atoms with Gasteiger partial charge in [0.2, 0.25) is 10.0 Å². The van der Waals surface area contributed by atoms with Gasteiger partial charge in [-0.05, 0) is 30.7 Å². The highest BCUT2D eigenvalue weighted by Gasteiger charge is 2.20. The smallest absolute Gasteiger partial charge is 0.218 e. The summed E-state index contributed by atoms with van der Waals surface area (Å²) in [7, 11) is -1.80. The first-order valence-electron chi connectivity index (χ1n) is 6.20. The second-order valence-electron chi connectivity index (χ2n) is 4.76. The first-order chi connectivity index (χ1) is 9.38. The second kappa shape index (κ2) is 5.68. The van der Waals surface area contributed by atoms with Crippen molar-refractivity contribution in [3.63, 3.8) is 0 Å². The topological polar surface area (TPSA) is 76.5 Å². The average molecular weight is 294 g/mol. The van der Waals surface area contributed by atoms with Crippen LogP contribution in [-0.4, -0.2) is 19.8 Å². The lowest BCUT2D eigenvalue weighted by atomic mass is 10.2. The molecule has 0 saturated heterocycles. The normalized spacial score (nSPS) is 11.9. The summed E-state index contributed by atoms with van der Waals surface area (Å²) in [5, 5.41) is 0. The van der Waals surface area contributed by atoms with E-state index in [0.29, 0.717) is 12.2 Å². The van der Waals surface area contributed by atoms with E-state index >= 15 is 0 Å². The fourth-order valence-electron chi connectivity index (χ4n) is 1.85. The summed E-state index contributed by atoms with van der Waals surface area (Å²) < 4.78 is 31.1. The Hall–Kier alpha value is -1.79. The van der Waals surface area contributed by atoms with Crippen LogP contribution in [-0.2, 0) is 22.3 Å². The minimum atomic E-state index is -3.37. The summed E-state index contributed by atoms with van der Waals surface area (Å²) in [4.78, 5) is 0. The van der Waals surface area contributed by atoms with Gasteiger partial charge in [0, 0.05) is 24.8 Å². The van der Waals surface area contributed by atoms with Crippen molar-refractivity contribution in [1.82, 2.24) is 4.31 Å². The molecule has 0 unspecified atom stereocenters. The van der Waals surface area contributed by atoms with Crippen LogP contribution in [0.4, 0.5) is 5.69 Å². The molecule has 0 amide bonds. The van der Waals surface area contributed by atoms with E-state index in [2.05, 4.69) is 0 Å². The van der Waals surface area contributed by atoms with Crippen LogP contribution >= 0.6 is 0 Å². The molecule has 0 aliphatic rings. The Bertz CT molecular complexity index is 675. The van der Waals surface area contributed by atoms with Crippen LogP contribution < -0.4 is 5.73 Å². The summed E-state index contributed by atoms with van der Waals surface area (Å²) >= 11 is 0. The van der Waals surface area contributed by atoms with Gasteiger partial charge in [0.1, 0.15) is 5.76 Å². The maximum Gasteiger partial charge on any atom is 0.218 e. The van der Waals surface area contributed by atoms with Crippen LogP contribution in [0.2, 0.25) is 0 Å². The number of rotatable bonds is 5. The van der Waals surface area contributed by atoms with Crippen molar-refractivity contribution in [3.8, 4) is 0 Å². The molecule has 108 valence electrons. The zero-order valence-corrected chi connectivity index (χ0v) is 12.4. The maximum absolute atomic E-state index is 12.3. The monoisotopic (exact) mass is 294 g/mol. The molecule has 5 nitrogen and oxygen atoms in total. The van der Waals surface area contributed by atoms with Crippen LogP contribution in [0.15, 0.2) is 41.0 Å². The number of nitrogens with zero attached hydrogens (tertiary/aromatic N) is 1. The Morgan fingerprint density at radius 2 is 1.85 bits per heavy atom. The SMILES string of the molecule is Cc1occc1CN(C)S(=O)(=O)Cc1ccc(N)cc1. The van der Waals surface area contributed by atoms with Crippen LogP contribution in [0.1, 0.15) is 16.9 Å². The fourth-order valence-corrected chi connectivity index (χ4v) is 3.02. The van der Waals surface area contributed by atoms with E-state index in [0.717, 1.165) is 16.9 Å². The van der Waals surface area contributed by atoms with Crippen LogP contribution in [0, 0.1) is 6.92 Å². The number of nitrogens with two attached hydrogens (primary N) is 1. The van der Waals surface area contributed by atoms with Gasteiger partial charge >= 0.3 is 0 Å². The van der Waals surface area contributed by atoms with Gasteiger partial charge in [0.05, 0.1) is 12.0 Å². The summed E-state index contributed by atoms with van der Waals surface area (Å²) in [6.45, 7) is 2.12. The molecule has 2 rings (SSSR count). The molecule has 0 aliphatic heterocycles. The maximum atomic E-state index is 12.3. The first kappa shape index (κ1) is 14.6. The number of hydrogen-bond donors (Lipinski definition) is 1. The molecule has 2 aromatic rings. The highest BCUT2D eigenvalue weighted by molar-refractivity contribution is 7.88. The number of aryl methyl sites for hydroxylation is 1. The molecule has 1 aromatic carbocycles. The Morgan fingerprint density at radius 3 is 2.40 bits per heavy atom. The van der Waals surface area contributed by atoms with Crippen molar-refractivity contribution < 1.29 is 12.8 Å². The lowest BCUT2D eigenvalue weighted by Gasteiger charge is -2.17. The first-order valence-corrected chi connectivity index (χ1v) is 7.81. The van der Waals surface area contributed by atoms with Crippen molar-refractivity contribution in [3.05, 3.63) is 53.5 Å². The lowest BCUT2D eigenvalue weighted by molar-refractivity contribution is 0.458. The zero-order valence-electron chi connectivity index (χ0n) is 11.5. The fraction of sp³-hybridized carbons (Fsp3) is 0.286. The quantitative estimate of drug-likeness (QED) is 0.857. The molecule has 0 radical (unpaired) electrons. The molecule has 0 fully saturated rings. The van der Waals surface area contributed by atoms with Crippen molar-refractivity contribution in [2.45, 2.75) is 19.2 Å². The molecule has 0 spiro atoms. The molecule has 0 bridgehead atoms. The highest BCUT2D eigenvalue weighted by atomic mass is 32.2. The summed E-state index contributed by atoms with van der Waals surface area (Å²) in [6.07, 6.45) is 1.56. The van der Waals surface area contributed by atoms with E-state index in [4.69, 9.17) is 10.2 Å². The van der Waals surface area contributed by atoms with E-state index in [9.17, 15) is 8.42 Å². The molecule has 0 saturated carbocycles. The number of benzene rings is 1. The van der Waals surface area contributed by atoms with Crippen LogP contribution in [0.5, 0.6) is 0 Å². The molecule has 2 N–H and O–H groups in total. The lowest BCUT2D eigenvalue weighted by Crippen LogP contribution is -2.27. The van der Waals surface area contributed by atoms with E-state index in [1.165, 1.54) is 4.31 Å². The standard InChI is InChI=1S/C14H18N2O3S/c1-11-13(7-8-19-11)9-16(2)20(17,18)10-12-3-5-14(15)6-4-12/h3-8H,9-10,15H2,1-2H3. The average Bonchev–Trinajstić information content (AvgIpc) is 2.78. The van der Waals surface area contributed by atoms with Crippen molar-refractivity contribution in [2.24, 2.45) is 0 Å².